The largest absolute Gasteiger partial charge is 0.388 e. The van der Waals surface area contributed by atoms with Crippen LogP contribution in [0.15, 0.2) is 0 Å². The number of nitrogens with two attached hydrogens (primary N) is 1. The Kier molecular flexibility index (Phi) is 2.85. The van der Waals surface area contributed by atoms with Crippen molar-refractivity contribution in [3.8, 4) is 0 Å². The van der Waals surface area contributed by atoms with E-state index < -0.39 is 30.7 Å². The van der Waals surface area contributed by atoms with Crippen molar-refractivity contribution in [3.63, 3.8) is 0 Å². The molecule has 2 aliphatic heterocycles. The average molecular weight is 283 g/mol. The molecule has 6 nitrogen and oxygen atoms in total. The molecule has 17 heavy (non-hydrogen) atoms. The molecule has 2 unspecified atom stereocenters. The predicted molar refractivity (Wildman–Crippen MR) is 63.0 cm³/mol. The summed E-state index contributed by atoms with van der Waals surface area (Å²) in [5.41, 5.74) is 3.15. The minimum absolute atomic E-state index is 0.00174. The van der Waals surface area contributed by atoms with Gasteiger partial charge in [-0.05, 0) is 12.8 Å². The minimum Gasteiger partial charge on any atom is -0.388 e. The van der Waals surface area contributed by atoms with E-state index >= 15 is 0 Å². The Morgan fingerprint density at radius 2 is 1.53 bits per heavy atom. The van der Waals surface area contributed by atoms with E-state index in [0.29, 0.717) is 0 Å². The van der Waals surface area contributed by atoms with Crippen LogP contribution in [0.5, 0.6) is 0 Å². The summed E-state index contributed by atoms with van der Waals surface area (Å²) in [5, 5.41) is 10.5. The van der Waals surface area contributed by atoms with Crippen molar-refractivity contribution in [2.75, 3.05) is 29.6 Å². The summed E-state index contributed by atoms with van der Waals surface area (Å²) in [4.78, 5) is 0. The summed E-state index contributed by atoms with van der Waals surface area (Å²) in [6, 6.07) is 0. The van der Waals surface area contributed by atoms with E-state index in [0.717, 1.165) is 0 Å². The lowest BCUT2D eigenvalue weighted by molar-refractivity contribution is -0.0454. The number of hydrogen-bond acceptors (Lipinski definition) is 6. The Morgan fingerprint density at radius 1 is 1.00 bits per heavy atom. The van der Waals surface area contributed by atoms with Crippen LogP contribution in [-0.4, -0.2) is 57.1 Å². The van der Waals surface area contributed by atoms with E-state index in [-0.39, 0.29) is 42.4 Å². The highest BCUT2D eigenvalue weighted by Gasteiger charge is 2.59. The zero-order chi connectivity index (χ0) is 12.9. The van der Waals surface area contributed by atoms with Gasteiger partial charge in [-0.25, -0.2) is 16.8 Å². The third kappa shape index (κ3) is 2.11. The van der Waals surface area contributed by atoms with Gasteiger partial charge in [0.1, 0.15) is 0 Å². The minimum atomic E-state index is -3.28. The molecule has 0 amide bonds. The van der Waals surface area contributed by atoms with Gasteiger partial charge in [0.15, 0.2) is 19.7 Å². The first-order chi connectivity index (χ1) is 7.64. The second-order valence-electron chi connectivity index (χ2n) is 5.20. The van der Waals surface area contributed by atoms with Crippen LogP contribution in [0, 0.1) is 5.41 Å². The fourth-order valence-corrected chi connectivity index (χ4v) is 7.07. The van der Waals surface area contributed by atoms with Gasteiger partial charge in [0.05, 0.1) is 28.6 Å². The first-order valence-electron chi connectivity index (χ1n) is 5.47. The molecule has 0 radical (unpaired) electrons. The SMILES string of the molecule is NCC1(C2(O)CCS(=O)(=O)C2)CCS(=O)(=O)C1. The van der Waals surface area contributed by atoms with E-state index in [1.54, 1.807) is 0 Å². The molecule has 0 bridgehead atoms. The molecular formula is C9H17NO5S2. The molecule has 0 aromatic carbocycles. The third-order valence-corrected chi connectivity index (χ3v) is 7.61. The summed E-state index contributed by atoms with van der Waals surface area (Å²) >= 11 is 0. The second-order valence-corrected chi connectivity index (χ2v) is 9.57. The molecule has 0 aromatic rings. The van der Waals surface area contributed by atoms with Crippen molar-refractivity contribution in [3.05, 3.63) is 0 Å². The smallest absolute Gasteiger partial charge is 0.153 e. The Hall–Kier alpha value is -0.180. The second kappa shape index (κ2) is 3.66. The lowest BCUT2D eigenvalue weighted by atomic mass is 9.71. The van der Waals surface area contributed by atoms with Crippen LogP contribution >= 0.6 is 0 Å². The standard InChI is InChI=1S/C9H17NO5S2/c10-5-8(1-3-16(12,13)6-8)9(11)2-4-17(14,15)7-9/h11H,1-7,10H2. The Labute approximate surface area is 101 Å². The fourth-order valence-electron chi connectivity index (χ4n) is 2.88. The monoisotopic (exact) mass is 283 g/mol. The van der Waals surface area contributed by atoms with Gasteiger partial charge >= 0.3 is 0 Å². The van der Waals surface area contributed by atoms with Crippen LogP contribution in [0.1, 0.15) is 12.8 Å². The first kappa shape index (κ1) is 13.3. The van der Waals surface area contributed by atoms with Gasteiger partial charge in [0.2, 0.25) is 0 Å². The van der Waals surface area contributed by atoms with E-state index in [1.807, 2.05) is 0 Å². The first-order valence-corrected chi connectivity index (χ1v) is 9.11. The van der Waals surface area contributed by atoms with Crippen molar-refractivity contribution in [1.82, 2.24) is 0 Å². The molecule has 0 aromatic heterocycles. The molecule has 0 spiro atoms. The molecule has 2 atom stereocenters. The highest BCUT2D eigenvalue weighted by Crippen LogP contribution is 2.46. The van der Waals surface area contributed by atoms with Gasteiger partial charge in [-0.2, -0.15) is 0 Å². The van der Waals surface area contributed by atoms with Gasteiger partial charge in [-0.3, -0.25) is 0 Å². The number of aliphatic hydroxyl groups is 1. The van der Waals surface area contributed by atoms with Gasteiger partial charge in [-0.1, -0.05) is 0 Å². The lowest BCUT2D eigenvalue weighted by Gasteiger charge is -2.40. The number of sulfone groups is 2. The van der Waals surface area contributed by atoms with Crippen LogP contribution in [0.4, 0.5) is 0 Å². The van der Waals surface area contributed by atoms with Crippen LogP contribution in [0.2, 0.25) is 0 Å². The van der Waals surface area contributed by atoms with E-state index in [4.69, 9.17) is 5.73 Å². The molecule has 2 aliphatic rings. The van der Waals surface area contributed by atoms with Crippen molar-refractivity contribution >= 4 is 19.7 Å². The highest BCUT2D eigenvalue weighted by atomic mass is 32.2. The predicted octanol–water partition coefficient (Wildman–Crippen LogP) is -1.70. The van der Waals surface area contributed by atoms with Crippen LogP contribution in [-0.2, 0) is 19.7 Å². The van der Waals surface area contributed by atoms with Crippen molar-refractivity contribution in [2.24, 2.45) is 11.1 Å². The van der Waals surface area contributed by atoms with Crippen molar-refractivity contribution in [1.29, 1.82) is 0 Å². The lowest BCUT2D eigenvalue weighted by Crippen LogP contribution is -2.54. The fraction of sp³-hybridized carbons (Fsp3) is 1.00. The summed E-state index contributed by atoms with van der Waals surface area (Å²) < 4.78 is 46.0. The third-order valence-electron chi connectivity index (χ3n) is 4.05. The Balaban J connectivity index is 2.38. The maximum absolute atomic E-state index is 11.5. The average Bonchev–Trinajstić information content (AvgIpc) is 2.66. The molecule has 0 aliphatic carbocycles. The van der Waals surface area contributed by atoms with Crippen LogP contribution in [0.3, 0.4) is 0 Å². The molecule has 2 heterocycles. The molecule has 0 saturated carbocycles. The van der Waals surface area contributed by atoms with Gasteiger partial charge in [-0.15, -0.1) is 0 Å². The molecule has 3 N–H and O–H groups in total. The van der Waals surface area contributed by atoms with Crippen LogP contribution < -0.4 is 5.73 Å². The summed E-state index contributed by atoms with van der Waals surface area (Å²) in [6.07, 6.45) is 0.333. The molecule has 2 fully saturated rings. The Morgan fingerprint density at radius 3 is 1.88 bits per heavy atom. The van der Waals surface area contributed by atoms with Crippen LogP contribution in [0.25, 0.3) is 0 Å². The maximum Gasteiger partial charge on any atom is 0.153 e. The van der Waals surface area contributed by atoms with Gasteiger partial charge in [0.25, 0.3) is 0 Å². The topological polar surface area (TPSA) is 115 Å². The summed E-state index contributed by atoms with van der Waals surface area (Å²) in [7, 11) is -6.49. The summed E-state index contributed by atoms with van der Waals surface area (Å²) in [5.74, 6) is -0.687. The maximum atomic E-state index is 11.5. The molecule has 2 rings (SSSR count). The zero-order valence-corrected chi connectivity index (χ0v) is 11.1. The molecule has 2 saturated heterocycles. The number of rotatable bonds is 2. The highest BCUT2D eigenvalue weighted by molar-refractivity contribution is 7.92. The zero-order valence-electron chi connectivity index (χ0n) is 9.42. The Bertz CT molecular complexity index is 526. The van der Waals surface area contributed by atoms with Crippen molar-refractivity contribution < 1.29 is 21.9 Å². The molecule has 100 valence electrons. The van der Waals surface area contributed by atoms with E-state index in [2.05, 4.69) is 0 Å². The van der Waals surface area contributed by atoms with Crippen molar-refractivity contribution in [2.45, 2.75) is 18.4 Å². The van der Waals surface area contributed by atoms with Gasteiger partial charge < -0.3 is 10.8 Å². The van der Waals surface area contributed by atoms with Gasteiger partial charge in [0, 0.05) is 12.0 Å². The quantitative estimate of drug-likeness (QED) is 0.624. The van der Waals surface area contributed by atoms with E-state index in [9.17, 15) is 21.9 Å². The van der Waals surface area contributed by atoms with E-state index in [1.165, 1.54) is 0 Å². The number of hydrogen-bond donors (Lipinski definition) is 2. The molecule has 8 heteroatoms. The molecular weight excluding hydrogens is 266 g/mol. The summed E-state index contributed by atoms with van der Waals surface area (Å²) in [6.45, 7) is -0.00174. The normalized spacial score (nSPS) is 43.9.